The van der Waals surface area contributed by atoms with Crippen molar-refractivity contribution < 1.29 is 14.3 Å². The maximum absolute atomic E-state index is 12.0. The van der Waals surface area contributed by atoms with Gasteiger partial charge in [0.2, 0.25) is 0 Å². The third-order valence-corrected chi connectivity index (χ3v) is 2.83. The first-order valence-corrected chi connectivity index (χ1v) is 6.84. The van der Waals surface area contributed by atoms with E-state index in [4.69, 9.17) is 9.47 Å². The van der Waals surface area contributed by atoms with E-state index in [-0.39, 0.29) is 12.3 Å². The van der Waals surface area contributed by atoms with Crippen LogP contribution in [0.4, 0.5) is 0 Å². The predicted molar refractivity (Wildman–Crippen MR) is 76.5 cm³/mol. The molecule has 0 saturated heterocycles. The molecule has 0 bridgehead atoms. The van der Waals surface area contributed by atoms with Gasteiger partial charge in [-0.2, -0.15) is 0 Å². The third kappa shape index (κ3) is 3.77. The molecule has 2 heterocycles. The second kappa shape index (κ2) is 7.00. The Morgan fingerprint density at radius 1 is 1.40 bits per heavy atom. The first-order chi connectivity index (χ1) is 9.70. The van der Waals surface area contributed by atoms with E-state index < -0.39 is 5.97 Å². The summed E-state index contributed by atoms with van der Waals surface area (Å²) >= 11 is 3.31. The minimum absolute atomic E-state index is 0.132. The van der Waals surface area contributed by atoms with Gasteiger partial charge < -0.3 is 9.47 Å². The Labute approximate surface area is 125 Å². The standard InChI is InChI=1S/C14H13BrN2O3/c1-2-19-12-4-3-5-17-13(12)14(18)20-9-10-6-11(15)8-16-7-10/h3-8H,2,9H2,1H3. The van der Waals surface area contributed by atoms with Gasteiger partial charge in [0.05, 0.1) is 6.61 Å². The number of carbonyl (C=O) groups is 1. The van der Waals surface area contributed by atoms with Gasteiger partial charge in [-0.15, -0.1) is 0 Å². The summed E-state index contributed by atoms with van der Waals surface area (Å²) < 4.78 is 11.4. The van der Waals surface area contributed by atoms with Gasteiger partial charge in [-0.3, -0.25) is 4.98 Å². The van der Waals surface area contributed by atoms with Crippen molar-refractivity contribution in [2.75, 3.05) is 6.61 Å². The second-order valence-electron chi connectivity index (χ2n) is 3.87. The van der Waals surface area contributed by atoms with Crippen LogP contribution in [0.25, 0.3) is 0 Å². The quantitative estimate of drug-likeness (QED) is 0.785. The van der Waals surface area contributed by atoms with E-state index in [1.807, 2.05) is 13.0 Å². The van der Waals surface area contributed by atoms with Crippen LogP contribution in [-0.4, -0.2) is 22.5 Å². The highest BCUT2D eigenvalue weighted by Gasteiger charge is 2.15. The summed E-state index contributed by atoms with van der Waals surface area (Å²) in [6.07, 6.45) is 4.83. The number of rotatable bonds is 5. The van der Waals surface area contributed by atoms with E-state index in [0.717, 1.165) is 10.0 Å². The highest BCUT2D eigenvalue weighted by atomic mass is 79.9. The van der Waals surface area contributed by atoms with Crippen LogP contribution in [0, 0.1) is 0 Å². The predicted octanol–water partition coefficient (Wildman–Crippen LogP) is 2.99. The summed E-state index contributed by atoms with van der Waals surface area (Å²) in [6.45, 7) is 2.43. The minimum Gasteiger partial charge on any atom is -0.491 e. The molecule has 0 aliphatic carbocycles. The van der Waals surface area contributed by atoms with Crippen molar-refractivity contribution in [2.45, 2.75) is 13.5 Å². The van der Waals surface area contributed by atoms with Crippen LogP contribution < -0.4 is 4.74 Å². The van der Waals surface area contributed by atoms with E-state index in [9.17, 15) is 4.79 Å². The molecule has 0 saturated carbocycles. The SMILES string of the molecule is CCOc1cccnc1C(=O)OCc1cncc(Br)c1. The molecule has 104 valence electrons. The zero-order valence-electron chi connectivity index (χ0n) is 10.9. The summed E-state index contributed by atoms with van der Waals surface area (Å²) in [4.78, 5) is 20.0. The number of carbonyl (C=O) groups excluding carboxylic acids is 1. The topological polar surface area (TPSA) is 61.3 Å². The zero-order valence-corrected chi connectivity index (χ0v) is 12.5. The maximum Gasteiger partial charge on any atom is 0.361 e. The Hall–Kier alpha value is -1.95. The van der Waals surface area contributed by atoms with E-state index in [0.29, 0.717) is 12.4 Å². The lowest BCUT2D eigenvalue weighted by molar-refractivity contribution is 0.0460. The summed E-state index contributed by atoms with van der Waals surface area (Å²) in [5.74, 6) is -0.0959. The number of ether oxygens (including phenoxy) is 2. The lowest BCUT2D eigenvalue weighted by Gasteiger charge is -2.08. The van der Waals surface area contributed by atoms with Crippen LogP contribution in [-0.2, 0) is 11.3 Å². The third-order valence-electron chi connectivity index (χ3n) is 2.40. The summed E-state index contributed by atoms with van der Waals surface area (Å²) in [6, 6.07) is 5.23. The van der Waals surface area contributed by atoms with Crippen molar-refractivity contribution >= 4 is 21.9 Å². The molecular weight excluding hydrogens is 324 g/mol. The minimum atomic E-state index is -0.519. The van der Waals surface area contributed by atoms with Gasteiger partial charge >= 0.3 is 5.97 Å². The molecule has 0 N–H and O–H groups in total. The number of hydrogen-bond acceptors (Lipinski definition) is 5. The summed E-state index contributed by atoms with van der Waals surface area (Å²) in [7, 11) is 0. The van der Waals surface area contributed by atoms with Gasteiger partial charge in [0.1, 0.15) is 6.61 Å². The van der Waals surface area contributed by atoms with E-state index in [1.54, 1.807) is 24.5 Å². The molecule has 0 radical (unpaired) electrons. The summed E-state index contributed by atoms with van der Waals surface area (Å²) in [5.41, 5.74) is 0.971. The number of halogens is 1. The van der Waals surface area contributed by atoms with Crippen molar-refractivity contribution in [1.29, 1.82) is 0 Å². The second-order valence-corrected chi connectivity index (χ2v) is 4.79. The zero-order chi connectivity index (χ0) is 14.4. The number of aromatic nitrogens is 2. The monoisotopic (exact) mass is 336 g/mol. The summed E-state index contributed by atoms with van der Waals surface area (Å²) in [5, 5.41) is 0. The van der Waals surface area contributed by atoms with Crippen LogP contribution in [0.15, 0.2) is 41.3 Å². The van der Waals surface area contributed by atoms with Crippen LogP contribution in [0.1, 0.15) is 23.0 Å². The Kier molecular flexibility index (Phi) is 5.06. The lowest BCUT2D eigenvalue weighted by Crippen LogP contribution is -2.10. The fourth-order valence-corrected chi connectivity index (χ4v) is 1.98. The van der Waals surface area contributed by atoms with Crippen LogP contribution >= 0.6 is 15.9 Å². The molecule has 2 aromatic rings. The molecule has 5 nitrogen and oxygen atoms in total. The molecule has 2 rings (SSSR count). The Bertz CT molecular complexity index is 604. The first-order valence-electron chi connectivity index (χ1n) is 6.05. The van der Waals surface area contributed by atoms with E-state index >= 15 is 0 Å². The van der Waals surface area contributed by atoms with Gasteiger partial charge in [0, 0.05) is 28.6 Å². The highest BCUT2D eigenvalue weighted by Crippen LogP contribution is 2.17. The van der Waals surface area contributed by atoms with Gasteiger partial charge in [0.15, 0.2) is 11.4 Å². The van der Waals surface area contributed by atoms with Gasteiger partial charge in [-0.1, -0.05) is 0 Å². The Morgan fingerprint density at radius 3 is 3.00 bits per heavy atom. The van der Waals surface area contributed by atoms with Crippen molar-refractivity contribution in [2.24, 2.45) is 0 Å². The van der Waals surface area contributed by atoms with E-state index in [1.165, 1.54) is 6.20 Å². The van der Waals surface area contributed by atoms with Crippen LogP contribution in [0.5, 0.6) is 5.75 Å². The number of hydrogen-bond donors (Lipinski definition) is 0. The van der Waals surface area contributed by atoms with Crippen LogP contribution in [0.2, 0.25) is 0 Å². The average Bonchev–Trinajstić information content (AvgIpc) is 2.46. The highest BCUT2D eigenvalue weighted by molar-refractivity contribution is 9.10. The lowest BCUT2D eigenvalue weighted by atomic mass is 10.3. The van der Waals surface area contributed by atoms with Gasteiger partial charge in [-0.25, -0.2) is 9.78 Å². The molecule has 0 aromatic carbocycles. The Balaban J connectivity index is 2.05. The molecule has 0 amide bonds. The molecule has 0 atom stereocenters. The van der Waals surface area contributed by atoms with Crippen molar-refractivity contribution in [3.05, 3.63) is 52.5 Å². The van der Waals surface area contributed by atoms with Crippen molar-refractivity contribution in [1.82, 2.24) is 9.97 Å². The fourth-order valence-electron chi connectivity index (χ4n) is 1.57. The van der Waals surface area contributed by atoms with E-state index in [2.05, 4.69) is 25.9 Å². The molecular formula is C14H13BrN2O3. The molecule has 0 spiro atoms. The van der Waals surface area contributed by atoms with Gasteiger partial charge in [-0.05, 0) is 41.1 Å². The fraction of sp³-hybridized carbons (Fsp3) is 0.214. The number of pyridine rings is 2. The molecule has 0 fully saturated rings. The molecule has 6 heteroatoms. The molecule has 0 aliphatic rings. The normalized spacial score (nSPS) is 10.1. The van der Waals surface area contributed by atoms with Crippen molar-refractivity contribution in [3.63, 3.8) is 0 Å². The maximum atomic E-state index is 12.0. The molecule has 20 heavy (non-hydrogen) atoms. The smallest absolute Gasteiger partial charge is 0.361 e. The van der Waals surface area contributed by atoms with Crippen molar-refractivity contribution in [3.8, 4) is 5.75 Å². The average molecular weight is 337 g/mol. The number of esters is 1. The first kappa shape index (κ1) is 14.5. The number of nitrogens with zero attached hydrogens (tertiary/aromatic N) is 2. The molecule has 0 aliphatic heterocycles. The Morgan fingerprint density at radius 2 is 2.25 bits per heavy atom. The molecule has 2 aromatic heterocycles. The van der Waals surface area contributed by atoms with Crippen LogP contribution in [0.3, 0.4) is 0 Å². The van der Waals surface area contributed by atoms with Gasteiger partial charge in [0.25, 0.3) is 0 Å². The largest absolute Gasteiger partial charge is 0.491 e. The molecule has 0 unspecified atom stereocenters.